The molecule has 0 radical (unpaired) electrons. The van der Waals surface area contributed by atoms with Crippen molar-refractivity contribution in [2.24, 2.45) is 5.92 Å². The van der Waals surface area contributed by atoms with Crippen LogP contribution in [0.4, 0.5) is 0 Å². The van der Waals surface area contributed by atoms with Gasteiger partial charge in [-0.25, -0.2) is 0 Å². The third kappa shape index (κ3) is 4.64. The van der Waals surface area contributed by atoms with Crippen molar-refractivity contribution in [2.75, 3.05) is 6.54 Å². The van der Waals surface area contributed by atoms with Gasteiger partial charge in [-0.1, -0.05) is 33.1 Å². The van der Waals surface area contributed by atoms with E-state index in [1.54, 1.807) is 6.26 Å². The molecule has 3 nitrogen and oxygen atoms in total. The Hall–Kier alpha value is -0.800. The summed E-state index contributed by atoms with van der Waals surface area (Å²) >= 11 is 0. The predicted octanol–water partition coefficient (Wildman–Crippen LogP) is 4.26. The molecule has 1 saturated carbocycles. The van der Waals surface area contributed by atoms with E-state index in [4.69, 9.17) is 9.15 Å². The largest absolute Gasteiger partial charge is 0.467 e. The lowest BCUT2D eigenvalue weighted by molar-refractivity contribution is -0.00573. The van der Waals surface area contributed by atoms with Gasteiger partial charge in [-0.05, 0) is 37.8 Å². The molecule has 0 aliphatic heterocycles. The SMILES string of the molecule is CCCNCc1ccoc1COC1CCCC(CC)C1. The number of ether oxygens (including phenoxy) is 1. The lowest BCUT2D eigenvalue weighted by atomic mass is 9.85. The molecule has 2 atom stereocenters. The van der Waals surface area contributed by atoms with Gasteiger partial charge in [0.2, 0.25) is 0 Å². The van der Waals surface area contributed by atoms with Crippen LogP contribution in [0.1, 0.15) is 63.7 Å². The minimum Gasteiger partial charge on any atom is -0.467 e. The zero-order valence-corrected chi connectivity index (χ0v) is 13.0. The molecule has 114 valence electrons. The van der Waals surface area contributed by atoms with E-state index in [9.17, 15) is 0 Å². The Bertz CT molecular complexity index is 375. The van der Waals surface area contributed by atoms with Gasteiger partial charge in [0.25, 0.3) is 0 Å². The van der Waals surface area contributed by atoms with Crippen LogP contribution in [-0.4, -0.2) is 12.6 Å². The molecule has 3 heteroatoms. The lowest BCUT2D eigenvalue weighted by Gasteiger charge is -2.28. The van der Waals surface area contributed by atoms with E-state index < -0.39 is 0 Å². The summed E-state index contributed by atoms with van der Waals surface area (Å²) in [6, 6.07) is 2.05. The molecular formula is C17H29NO2. The first-order valence-corrected chi connectivity index (χ1v) is 8.21. The van der Waals surface area contributed by atoms with Crippen LogP contribution >= 0.6 is 0 Å². The minimum absolute atomic E-state index is 0.426. The van der Waals surface area contributed by atoms with Gasteiger partial charge in [0.1, 0.15) is 12.4 Å². The number of nitrogens with one attached hydrogen (secondary N) is 1. The van der Waals surface area contributed by atoms with Crippen LogP contribution in [0.2, 0.25) is 0 Å². The summed E-state index contributed by atoms with van der Waals surface area (Å²) in [4.78, 5) is 0. The Morgan fingerprint density at radius 1 is 1.35 bits per heavy atom. The van der Waals surface area contributed by atoms with Crippen LogP contribution < -0.4 is 5.32 Å². The van der Waals surface area contributed by atoms with Crippen molar-refractivity contribution < 1.29 is 9.15 Å². The van der Waals surface area contributed by atoms with Crippen molar-refractivity contribution in [3.8, 4) is 0 Å². The fourth-order valence-corrected chi connectivity index (χ4v) is 3.01. The Morgan fingerprint density at radius 3 is 3.05 bits per heavy atom. The van der Waals surface area contributed by atoms with E-state index in [-0.39, 0.29) is 0 Å². The summed E-state index contributed by atoms with van der Waals surface area (Å²) in [5.41, 5.74) is 1.24. The third-order valence-corrected chi connectivity index (χ3v) is 4.34. The van der Waals surface area contributed by atoms with Crippen LogP contribution in [0.3, 0.4) is 0 Å². The summed E-state index contributed by atoms with van der Waals surface area (Å²) < 4.78 is 11.7. The maximum atomic E-state index is 6.08. The number of hydrogen-bond acceptors (Lipinski definition) is 3. The van der Waals surface area contributed by atoms with Crippen molar-refractivity contribution >= 4 is 0 Å². The Morgan fingerprint density at radius 2 is 2.25 bits per heavy atom. The molecule has 0 bridgehead atoms. The Kier molecular flexibility index (Phi) is 6.61. The van der Waals surface area contributed by atoms with Gasteiger partial charge < -0.3 is 14.5 Å². The molecule has 1 aromatic rings. The second-order valence-electron chi connectivity index (χ2n) is 5.92. The summed E-state index contributed by atoms with van der Waals surface area (Å²) in [7, 11) is 0. The molecule has 1 aliphatic rings. The Labute approximate surface area is 123 Å². The standard InChI is InChI=1S/C17H29NO2/c1-3-9-18-12-15-8-10-19-17(15)13-20-16-7-5-6-14(4-2)11-16/h8,10,14,16,18H,3-7,9,11-13H2,1-2H3. The van der Waals surface area contributed by atoms with Gasteiger partial charge in [-0.2, -0.15) is 0 Å². The second-order valence-corrected chi connectivity index (χ2v) is 5.92. The molecule has 0 amide bonds. The fourth-order valence-electron chi connectivity index (χ4n) is 3.01. The summed E-state index contributed by atoms with van der Waals surface area (Å²) in [6.07, 6.45) is 9.76. The van der Waals surface area contributed by atoms with Gasteiger partial charge in [0.05, 0.1) is 12.4 Å². The average molecular weight is 279 g/mol. The topological polar surface area (TPSA) is 34.4 Å². The highest BCUT2D eigenvalue weighted by Crippen LogP contribution is 2.29. The van der Waals surface area contributed by atoms with E-state index in [1.807, 2.05) is 0 Å². The van der Waals surface area contributed by atoms with E-state index in [2.05, 4.69) is 25.2 Å². The molecule has 2 rings (SSSR count). The predicted molar refractivity (Wildman–Crippen MR) is 81.5 cm³/mol. The highest BCUT2D eigenvalue weighted by molar-refractivity contribution is 5.16. The van der Waals surface area contributed by atoms with Gasteiger partial charge in [-0.15, -0.1) is 0 Å². The molecule has 0 saturated heterocycles. The summed E-state index contributed by atoms with van der Waals surface area (Å²) in [6.45, 7) is 7.02. The molecule has 0 spiro atoms. The summed E-state index contributed by atoms with van der Waals surface area (Å²) in [5.74, 6) is 1.85. The second kappa shape index (κ2) is 8.48. The average Bonchev–Trinajstić information content (AvgIpc) is 2.93. The zero-order valence-electron chi connectivity index (χ0n) is 13.0. The molecule has 0 aromatic carbocycles. The molecule has 1 heterocycles. The van der Waals surface area contributed by atoms with Crippen molar-refractivity contribution in [3.63, 3.8) is 0 Å². The highest BCUT2D eigenvalue weighted by Gasteiger charge is 2.21. The molecule has 2 unspecified atom stereocenters. The molecule has 1 aromatic heterocycles. The number of rotatable bonds is 8. The van der Waals surface area contributed by atoms with E-state index >= 15 is 0 Å². The van der Waals surface area contributed by atoms with Crippen LogP contribution in [0.15, 0.2) is 16.7 Å². The van der Waals surface area contributed by atoms with Crippen molar-refractivity contribution in [1.29, 1.82) is 0 Å². The smallest absolute Gasteiger partial charge is 0.133 e. The molecule has 1 N–H and O–H groups in total. The monoisotopic (exact) mass is 279 g/mol. The van der Waals surface area contributed by atoms with Gasteiger partial charge in [0, 0.05) is 12.1 Å². The maximum absolute atomic E-state index is 6.08. The molecule has 20 heavy (non-hydrogen) atoms. The maximum Gasteiger partial charge on any atom is 0.133 e. The number of furan rings is 1. The van der Waals surface area contributed by atoms with Crippen molar-refractivity contribution in [3.05, 3.63) is 23.7 Å². The quantitative estimate of drug-likeness (QED) is 0.722. The highest BCUT2D eigenvalue weighted by atomic mass is 16.5. The molecular weight excluding hydrogens is 250 g/mol. The summed E-state index contributed by atoms with van der Waals surface area (Å²) in [5, 5.41) is 3.42. The van der Waals surface area contributed by atoms with Crippen LogP contribution in [-0.2, 0) is 17.9 Å². The first-order valence-electron chi connectivity index (χ1n) is 8.21. The van der Waals surface area contributed by atoms with E-state index in [0.717, 1.165) is 31.2 Å². The van der Waals surface area contributed by atoms with Crippen molar-refractivity contribution in [1.82, 2.24) is 5.32 Å². The van der Waals surface area contributed by atoms with E-state index in [1.165, 1.54) is 37.7 Å². The fraction of sp³-hybridized carbons (Fsp3) is 0.765. The number of hydrogen-bond donors (Lipinski definition) is 1. The van der Waals surface area contributed by atoms with Gasteiger partial charge in [0.15, 0.2) is 0 Å². The first-order chi connectivity index (χ1) is 9.83. The Balaban J connectivity index is 1.77. The molecule has 1 aliphatic carbocycles. The molecule has 1 fully saturated rings. The van der Waals surface area contributed by atoms with Crippen LogP contribution in [0.5, 0.6) is 0 Å². The first kappa shape index (κ1) is 15.6. The van der Waals surface area contributed by atoms with E-state index in [0.29, 0.717) is 12.7 Å². The normalized spacial score (nSPS) is 23.1. The zero-order chi connectivity index (χ0) is 14.2. The van der Waals surface area contributed by atoms with Gasteiger partial charge in [-0.3, -0.25) is 0 Å². The van der Waals surface area contributed by atoms with Crippen LogP contribution in [0, 0.1) is 5.92 Å². The van der Waals surface area contributed by atoms with Gasteiger partial charge >= 0.3 is 0 Å². The third-order valence-electron chi connectivity index (χ3n) is 4.34. The minimum atomic E-state index is 0.426. The van der Waals surface area contributed by atoms with Crippen molar-refractivity contribution in [2.45, 2.75) is 71.6 Å². The lowest BCUT2D eigenvalue weighted by Crippen LogP contribution is -2.22. The van der Waals surface area contributed by atoms with Crippen LogP contribution in [0.25, 0.3) is 0 Å².